The minimum Gasteiger partial charge on any atom is -0.496 e. The first kappa shape index (κ1) is 15.4. The van der Waals surface area contributed by atoms with Crippen molar-refractivity contribution in [1.82, 2.24) is 4.90 Å². The minimum absolute atomic E-state index is 0.442. The number of hydrogen-bond acceptors (Lipinski definition) is 2. The third-order valence-corrected chi connectivity index (χ3v) is 4.90. The van der Waals surface area contributed by atoms with Gasteiger partial charge in [-0.2, -0.15) is 0 Å². The Hall–Kier alpha value is -1.51. The van der Waals surface area contributed by atoms with Crippen LogP contribution in [-0.4, -0.2) is 31.0 Å². The predicted molar refractivity (Wildman–Crippen MR) is 91.7 cm³/mol. The van der Waals surface area contributed by atoms with Crippen LogP contribution in [0.5, 0.6) is 5.75 Å². The van der Waals surface area contributed by atoms with E-state index in [4.69, 9.17) is 16.3 Å². The molecule has 1 fully saturated rings. The van der Waals surface area contributed by atoms with Crippen LogP contribution in [0.1, 0.15) is 17.0 Å². The van der Waals surface area contributed by atoms with E-state index in [-0.39, 0.29) is 0 Å². The van der Waals surface area contributed by atoms with Gasteiger partial charge in [0.25, 0.3) is 0 Å². The fraction of sp³-hybridized carbons (Fsp3) is 0.368. The van der Waals surface area contributed by atoms with Crippen molar-refractivity contribution in [2.24, 2.45) is 5.92 Å². The predicted octanol–water partition coefficient (Wildman–Crippen LogP) is 4.15. The van der Waals surface area contributed by atoms with Gasteiger partial charge in [0, 0.05) is 31.4 Å². The molecule has 0 N–H and O–H groups in total. The van der Waals surface area contributed by atoms with Crippen molar-refractivity contribution in [3.63, 3.8) is 0 Å². The summed E-state index contributed by atoms with van der Waals surface area (Å²) in [6, 6.07) is 19.0. The Morgan fingerprint density at radius 2 is 1.77 bits per heavy atom. The zero-order valence-corrected chi connectivity index (χ0v) is 13.7. The number of methoxy groups -OCH3 is 1. The zero-order valence-electron chi connectivity index (χ0n) is 12.9. The number of alkyl halides is 1. The van der Waals surface area contributed by atoms with Crippen molar-refractivity contribution in [1.29, 1.82) is 0 Å². The molecule has 2 atom stereocenters. The fourth-order valence-electron chi connectivity index (χ4n) is 3.41. The molecule has 22 heavy (non-hydrogen) atoms. The second kappa shape index (κ2) is 7.17. The van der Waals surface area contributed by atoms with Crippen LogP contribution < -0.4 is 4.74 Å². The van der Waals surface area contributed by atoms with Gasteiger partial charge in [0.15, 0.2) is 0 Å². The van der Waals surface area contributed by atoms with Crippen molar-refractivity contribution in [2.75, 3.05) is 26.1 Å². The summed E-state index contributed by atoms with van der Waals surface area (Å²) in [6.45, 7) is 3.06. The van der Waals surface area contributed by atoms with Gasteiger partial charge in [-0.25, -0.2) is 0 Å². The summed E-state index contributed by atoms with van der Waals surface area (Å²) >= 11 is 6.25. The quantitative estimate of drug-likeness (QED) is 0.769. The lowest BCUT2D eigenvalue weighted by Crippen LogP contribution is -2.20. The van der Waals surface area contributed by atoms with E-state index in [9.17, 15) is 0 Å². The van der Waals surface area contributed by atoms with Crippen molar-refractivity contribution in [3.8, 4) is 5.75 Å². The topological polar surface area (TPSA) is 12.5 Å². The molecule has 0 saturated carbocycles. The number of ether oxygens (including phenoxy) is 1. The number of para-hydroxylation sites is 1. The molecule has 2 aromatic carbocycles. The maximum absolute atomic E-state index is 6.25. The van der Waals surface area contributed by atoms with E-state index in [1.165, 1.54) is 11.1 Å². The average molecular weight is 316 g/mol. The number of benzene rings is 2. The smallest absolute Gasteiger partial charge is 0.122 e. The lowest BCUT2D eigenvalue weighted by atomic mass is 9.89. The molecule has 0 unspecified atom stereocenters. The van der Waals surface area contributed by atoms with Gasteiger partial charge in [-0.05, 0) is 23.1 Å². The van der Waals surface area contributed by atoms with E-state index in [1.54, 1.807) is 7.11 Å². The molecule has 1 saturated heterocycles. The van der Waals surface area contributed by atoms with Gasteiger partial charge in [0.05, 0.1) is 7.11 Å². The zero-order chi connectivity index (χ0) is 15.4. The van der Waals surface area contributed by atoms with Crippen LogP contribution in [-0.2, 0) is 6.54 Å². The highest BCUT2D eigenvalue weighted by Gasteiger charge is 2.34. The van der Waals surface area contributed by atoms with E-state index in [2.05, 4.69) is 47.4 Å². The molecule has 2 aromatic rings. The summed E-state index contributed by atoms with van der Waals surface area (Å²) in [7, 11) is 1.74. The molecule has 1 aliphatic rings. The van der Waals surface area contributed by atoms with Gasteiger partial charge in [0.2, 0.25) is 0 Å². The van der Waals surface area contributed by atoms with Gasteiger partial charge in [0.1, 0.15) is 5.75 Å². The maximum atomic E-state index is 6.25. The molecule has 0 spiro atoms. The Kier molecular flexibility index (Phi) is 5.01. The molecule has 2 nitrogen and oxygen atoms in total. The van der Waals surface area contributed by atoms with Crippen molar-refractivity contribution in [2.45, 2.75) is 12.5 Å². The standard InChI is InChI=1S/C19H22ClNO/c1-22-19-10-6-5-9-17(19)18-14-21(13-16(18)11-20)12-15-7-3-2-4-8-15/h2-10,16,18H,11-14H2,1H3/t16-,18+/m0/s1. The van der Waals surface area contributed by atoms with Crippen LogP contribution in [0, 0.1) is 5.92 Å². The van der Waals surface area contributed by atoms with Gasteiger partial charge in [-0.3, -0.25) is 4.90 Å². The van der Waals surface area contributed by atoms with E-state index in [0.29, 0.717) is 17.7 Å². The number of likely N-dealkylation sites (tertiary alicyclic amines) is 1. The largest absolute Gasteiger partial charge is 0.496 e. The lowest BCUT2D eigenvalue weighted by Gasteiger charge is -2.19. The monoisotopic (exact) mass is 315 g/mol. The first-order valence-electron chi connectivity index (χ1n) is 7.77. The first-order chi connectivity index (χ1) is 10.8. The summed E-state index contributed by atoms with van der Waals surface area (Å²) in [5, 5.41) is 0. The Labute approximate surface area is 137 Å². The molecule has 1 aliphatic heterocycles. The number of nitrogens with zero attached hydrogens (tertiary/aromatic N) is 1. The van der Waals surface area contributed by atoms with Crippen LogP contribution in [0.3, 0.4) is 0 Å². The molecule has 0 radical (unpaired) electrons. The van der Waals surface area contributed by atoms with Crippen LogP contribution >= 0.6 is 11.6 Å². The van der Waals surface area contributed by atoms with Gasteiger partial charge < -0.3 is 4.74 Å². The van der Waals surface area contributed by atoms with Crippen molar-refractivity contribution in [3.05, 3.63) is 65.7 Å². The van der Waals surface area contributed by atoms with Crippen molar-refractivity contribution >= 4 is 11.6 Å². The highest BCUT2D eigenvalue weighted by atomic mass is 35.5. The van der Waals surface area contributed by atoms with Crippen LogP contribution in [0.2, 0.25) is 0 Å². The summed E-state index contributed by atoms with van der Waals surface area (Å²) in [6.07, 6.45) is 0. The third-order valence-electron chi connectivity index (χ3n) is 4.50. The highest BCUT2D eigenvalue weighted by Crippen LogP contribution is 2.38. The van der Waals surface area contributed by atoms with Gasteiger partial charge >= 0.3 is 0 Å². The van der Waals surface area contributed by atoms with E-state index < -0.39 is 0 Å². The van der Waals surface area contributed by atoms with E-state index in [0.717, 1.165) is 25.4 Å². The SMILES string of the molecule is COc1ccccc1[C@@H]1CN(Cc2ccccc2)C[C@@H]1CCl. The minimum atomic E-state index is 0.442. The molecule has 116 valence electrons. The van der Waals surface area contributed by atoms with E-state index in [1.807, 2.05) is 12.1 Å². The average Bonchev–Trinajstić information content (AvgIpc) is 2.98. The molecule has 0 bridgehead atoms. The van der Waals surface area contributed by atoms with E-state index >= 15 is 0 Å². The molecule has 0 aromatic heterocycles. The molecular weight excluding hydrogens is 294 g/mol. The first-order valence-corrected chi connectivity index (χ1v) is 8.30. The number of halogens is 1. The van der Waals surface area contributed by atoms with Crippen molar-refractivity contribution < 1.29 is 4.74 Å². The molecule has 1 heterocycles. The fourth-order valence-corrected chi connectivity index (χ4v) is 3.73. The Balaban J connectivity index is 1.77. The van der Waals surface area contributed by atoms with Crippen LogP contribution in [0.4, 0.5) is 0 Å². The second-order valence-electron chi connectivity index (χ2n) is 5.94. The Morgan fingerprint density at radius 1 is 1.05 bits per heavy atom. The van der Waals surface area contributed by atoms with Gasteiger partial charge in [-0.1, -0.05) is 48.5 Å². The summed E-state index contributed by atoms with van der Waals surface area (Å²) < 4.78 is 5.54. The Bertz CT molecular complexity index is 601. The second-order valence-corrected chi connectivity index (χ2v) is 6.25. The summed E-state index contributed by atoms with van der Waals surface area (Å²) in [5.41, 5.74) is 2.64. The molecule has 3 heteroatoms. The van der Waals surface area contributed by atoms with Crippen LogP contribution in [0.25, 0.3) is 0 Å². The molecule has 0 amide bonds. The molecule has 0 aliphatic carbocycles. The number of rotatable bonds is 5. The third kappa shape index (κ3) is 3.29. The normalized spacial score (nSPS) is 21.9. The highest BCUT2D eigenvalue weighted by molar-refractivity contribution is 6.18. The summed E-state index contributed by atoms with van der Waals surface area (Å²) in [4.78, 5) is 2.50. The van der Waals surface area contributed by atoms with Crippen LogP contribution in [0.15, 0.2) is 54.6 Å². The van der Waals surface area contributed by atoms with Gasteiger partial charge in [-0.15, -0.1) is 11.6 Å². The summed E-state index contributed by atoms with van der Waals surface area (Å²) in [5.74, 6) is 2.58. The number of hydrogen-bond donors (Lipinski definition) is 0. The maximum Gasteiger partial charge on any atom is 0.122 e. The molecular formula is C19H22ClNO. The molecule has 3 rings (SSSR count). The Morgan fingerprint density at radius 3 is 2.50 bits per heavy atom. The lowest BCUT2D eigenvalue weighted by molar-refractivity contribution is 0.319.